The number of hydrogen-bond acceptors (Lipinski definition) is 2. The number of rotatable bonds is 3. The second-order valence-electron chi connectivity index (χ2n) is 3.62. The third kappa shape index (κ3) is 4.21. The van der Waals surface area contributed by atoms with E-state index in [2.05, 4.69) is 0 Å². The van der Waals surface area contributed by atoms with E-state index in [1.54, 1.807) is 0 Å². The molecule has 2 aromatic rings. The number of hydrogen-bond donors (Lipinski definition) is 1. The molecule has 0 heterocycles. The van der Waals surface area contributed by atoms with Crippen molar-refractivity contribution in [2.75, 3.05) is 0 Å². The van der Waals surface area contributed by atoms with E-state index < -0.39 is 6.10 Å². The number of aliphatic hydroxyl groups is 1. The van der Waals surface area contributed by atoms with E-state index in [-0.39, 0.29) is 0 Å². The monoisotopic (exact) mass is 228 g/mol. The van der Waals surface area contributed by atoms with Gasteiger partial charge in [0, 0.05) is 6.42 Å². The zero-order chi connectivity index (χ0) is 12.5. The zero-order valence-corrected chi connectivity index (χ0v) is 9.62. The van der Waals surface area contributed by atoms with Crippen molar-refractivity contribution in [1.29, 1.82) is 0 Å². The summed E-state index contributed by atoms with van der Waals surface area (Å²) in [5.41, 5.74) is 2.13. The molecular formula is C15H16O2. The van der Waals surface area contributed by atoms with Crippen LogP contribution in [-0.2, 0) is 11.2 Å². The van der Waals surface area contributed by atoms with Crippen LogP contribution in [0.4, 0.5) is 0 Å². The molecule has 0 aliphatic carbocycles. The molecule has 0 saturated carbocycles. The Labute approximate surface area is 102 Å². The Morgan fingerprint density at radius 1 is 0.882 bits per heavy atom. The van der Waals surface area contributed by atoms with Gasteiger partial charge in [-0.1, -0.05) is 60.7 Å². The summed E-state index contributed by atoms with van der Waals surface area (Å²) in [5.74, 6) is 0. The predicted octanol–water partition coefficient (Wildman–Crippen LogP) is 2.78. The molecule has 2 aromatic carbocycles. The van der Waals surface area contributed by atoms with Crippen molar-refractivity contribution in [3.8, 4) is 0 Å². The molecule has 88 valence electrons. The fourth-order valence-corrected chi connectivity index (χ4v) is 1.63. The predicted molar refractivity (Wildman–Crippen MR) is 68.7 cm³/mol. The maximum absolute atomic E-state index is 9.97. The Morgan fingerprint density at radius 2 is 1.35 bits per heavy atom. The lowest BCUT2D eigenvalue weighted by Crippen LogP contribution is -2.01. The highest BCUT2D eigenvalue weighted by molar-refractivity contribution is 5.22. The summed E-state index contributed by atoms with van der Waals surface area (Å²) >= 11 is 0. The average Bonchev–Trinajstić information content (AvgIpc) is 2.43. The van der Waals surface area contributed by atoms with E-state index in [0.29, 0.717) is 6.42 Å². The van der Waals surface area contributed by atoms with Gasteiger partial charge in [0.15, 0.2) is 0 Å². The fourth-order valence-electron chi connectivity index (χ4n) is 1.63. The first-order valence-electron chi connectivity index (χ1n) is 5.42. The summed E-state index contributed by atoms with van der Waals surface area (Å²) < 4.78 is 0. The molecule has 17 heavy (non-hydrogen) atoms. The normalized spacial score (nSPS) is 11.1. The van der Waals surface area contributed by atoms with Crippen LogP contribution in [0, 0.1) is 0 Å². The third-order valence-electron chi connectivity index (χ3n) is 2.46. The Balaban J connectivity index is 0.000000686. The molecule has 1 atom stereocenters. The van der Waals surface area contributed by atoms with Crippen molar-refractivity contribution < 1.29 is 9.90 Å². The third-order valence-corrected chi connectivity index (χ3v) is 2.46. The van der Waals surface area contributed by atoms with Gasteiger partial charge in [-0.05, 0) is 11.1 Å². The first-order valence-corrected chi connectivity index (χ1v) is 5.42. The van der Waals surface area contributed by atoms with Crippen LogP contribution in [0.2, 0.25) is 0 Å². The molecule has 1 unspecified atom stereocenters. The van der Waals surface area contributed by atoms with Gasteiger partial charge in [-0.15, -0.1) is 0 Å². The molecule has 0 aromatic heterocycles. The lowest BCUT2D eigenvalue weighted by Gasteiger charge is -2.10. The fraction of sp³-hybridized carbons (Fsp3) is 0.133. The van der Waals surface area contributed by atoms with Crippen LogP contribution in [0.1, 0.15) is 17.2 Å². The van der Waals surface area contributed by atoms with E-state index in [4.69, 9.17) is 4.79 Å². The molecule has 2 nitrogen and oxygen atoms in total. The lowest BCUT2D eigenvalue weighted by atomic mass is 10.0. The van der Waals surface area contributed by atoms with Gasteiger partial charge in [-0.25, -0.2) is 0 Å². The summed E-state index contributed by atoms with van der Waals surface area (Å²) in [6, 6.07) is 19.8. The molecule has 0 amide bonds. The van der Waals surface area contributed by atoms with Crippen LogP contribution in [0.5, 0.6) is 0 Å². The van der Waals surface area contributed by atoms with E-state index in [9.17, 15) is 5.11 Å². The molecule has 0 saturated heterocycles. The molecule has 0 radical (unpaired) electrons. The maximum Gasteiger partial charge on any atom is 0.106 e. The van der Waals surface area contributed by atoms with Gasteiger partial charge >= 0.3 is 0 Å². The number of aliphatic hydroxyl groups excluding tert-OH is 1. The zero-order valence-electron chi connectivity index (χ0n) is 9.62. The van der Waals surface area contributed by atoms with Crippen LogP contribution in [-0.4, -0.2) is 11.9 Å². The van der Waals surface area contributed by atoms with Gasteiger partial charge < -0.3 is 9.90 Å². The quantitative estimate of drug-likeness (QED) is 0.877. The second kappa shape index (κ2) is 7.36. The molecule has 0 spiro atoms. The van der Waals surface area contributed by atoms with Crippen LogP contribution in [0.15, 0.2) is 60.7 Å². The Hall–Kier alpha value is -1.93. The standard InChI is InChI=1S/C14H14O.CH2O/c15-14(13-9-5-2-6-10-13)11-12-7-3-1-4-8-12;1-2/h1-10,14-15H,11H2;1H2. The highest BCUT2D eigenvalue weighted by Gasteiger charge is 2.06. The van der Waals surface area contributed by atoms with Crippen molar-refractivity contribution in [3.05, 3.63) is 71.8 Å². The minimum absolute atomic E-state index is 0.409. The van der Waals surface area contributed by atoms with Crippen molar-refractivity contribution >= 4 is 6.79 Å². The largest absolute Gasteiger partial charge is 0.388 e. The summed E-state index contributed by atoms with van der Waals surface area (Å²) in [4.78, 5) is 8.00. The van der Waals surface area contributed by atoms with Gasteiger partial charge in [-0.3, -0.25) is 0 Å². The summed E-state index contributed by atoms with van der Waals surface area (Å²) in [6.45, 7) is 2.00. The van der Waals surface area contributed by atoms with Crippen molar-refractivity contribution in [2.45, 2.75) is 12.5 Å². The molecular weight excluding hydrogens is 212 g/mol. The molecule has 0 bridgehead atoms. The van der Waals surface area contributed by atoms with Crippen molar-refractivity contribution in [3.63, 3.8) is 0 Å². The minimum atomic E-state index is -0.409. The van der Waals surface area contributed by atoms with Crippen LogP contribution in [0.3, 0.4) is 0 Å². The Kier molecular flexibility index (Phi) is 5.69. The van der Waals surface area contributed by atoms with E-state index in [1.807, 2.05) is 67.5 Å². The van der Waals surface area contributed by atoms with E-state index >= 15 is 0 Å². The molecule has 1 N–H and O–H groups in total. The Morgan fingerprint density at radius 3 is 1.88 bits per heavy atom. The van der Waals surface area contributed by atoms with E-state index in [1.165, 1.54) is 0 Å². The number of carbonyl (C=O) groups excluding carboxylic acids is 1. The summed E-state index contributed by atoms with van der Waals surface area (Å²) in [5, 5.41) is 9.97. The molecule has 2 rings (SSSR count). The van der Waals surface area contributed by atoms with E-state index in [0.717, 1.165) is 11.1 Å². The molecule has 2 heteroatoms. The topological polar surface area (TPSA) is 37.3 Å². The van der Waals surface area contributed by atoms with Crippen molar-refractivity contribution in [1.82, 2.24) is 0 Å². The minimum Gasteiger partial charge on any atom is -0.388 e. The average molecular weight is 228 g/mol. The van der Waals surface area contributed by atoms with Gasteiger partial charge in [0.25, 0.3) is 0 Å². The first-order chi connectivity index (χ1) is 8.36. The number of carbonyl (C=O) groups is 1. The number of benzene rings is 2. The van der Waals surface area contributed by atoms with Crippen LogP contribution in [0.25, 0.3) is 0 Å². The highest BCUT2D eigenvalue weighted by Crippen LogP contribution is 2.17. The summed E-state index contributed by atoms with van der Waals surface area (Å²) in [7, 11) is 0. The van der Waals surface area contributed by atoms with Crippen LogP contribution < -0.4 is 0 Å². The van der Waals surface area contributed by atoms with Crippen molar-refractivity contribution in [2.24, 2.45) is 0 Å². The summed E-state index contributed by atoms with van der Waals surface area (Å²) in [6.07, 6.45) is 0.263. The van der Waals surface area contributed by atoms with Crippen LogP contribution >= 0.6 is 0 Å². The van der Waals surface area contributed by atoms with Gasteiger partial charge in [0.2, 0.25) is 0 Å². The Bertz CT molecular complexity index is 411. The molecule has 0 aliphatic rings. The highest BCUT2D eigenvalue weighted by atomic mass is 16.3. The first kappa shape index (κ1) is 13.1. The molecule has 0 aliphatic heterocycles. The smallest absolute Gasteiger partial charge is 0.106 e. The SMILES string of the molecule is C=O.OC(Cc1ccccc1)c1ccccc1. The van der Waals surface area contributed by atoms with Gasteiger partial charge in [-0.2, -0.15) is 0 Å². The lowest BCUT2D eigenvalue weighted by molar-refractivity contribution is -0.0979. The van der Waals surface area contributed by atoms with Gasteiger partial charge in [0.1, 0.15) is 6.79 Å². The molecule has 0 fully saturated rings. The maximum atomic E-state index is 9.97. The van der Waals surface area contributed by atoms with Gasteiger partial charge in [0.05, 0.1) is 6.10 Å². The second-order valence-corrected chi connectivity index (χ2v) is 3.62.